The fourth-order valence-corrected chi connectivity index (χ4v) is 1.83. The fourth-order valence-electron chi connectivity index (χ4n) is 1.71. The highest BCUT2D eigenvalue weighted by atomic mass is 35.5. The molecule has 1 amide bonds. The van der Waals surface area contributed by atoms with Gasteiger partial charge in [0, 0.05) is 17.1 Å². The lowest BCUT2D eigenvalue weighted by Crippen LogP contribution is -2.22. The molecule has 2 rings (SSSR count). The molecule has 104 valence electrons. The van der Waals surface area contributed by atoms with Crippen molar-refractivity contribution in [3.8, 4) is 5.75 Å². The molecule has 0 saturated carbocycles. The number of nitrogens with one attached hydrogen (secondary N) is 1. The molecule has 0 aliphatic heterocycles. The van der Waals surface area contributed by atoms with Gasteiger partial charge in [0.05, 0.1) is 7.11 Å². The third kappa shape index (κ3) is 3.48. The molecule has 0 bridgehead atoms. The summed E-state index contributed by atoms with van der Waals surface area (Å²) >= 11 is 5.75. The van der Waals surface area contributed by atoms with E-state index in [0.29, 0.717) is 16.1 Å². The summed E-state index contributed by atoms with van der Waals surface area (Å²) in [5.74, 6) is -0.513. The molecule has 2 aromatic carbocycles. The molecule has 1 N–H and O–H groups in total. The second-order valence-corrected chi connectivity index (χ2v) is 4.59. The highest BCUT2D eigenvalue weighted by Crippen LogP contribution is 2.17. The Kier molecular flexibility index (Phi) is 4.58. The number of halogens is 2. The molecule has 0 spiro atoms. The van der Waals surface area contributed by atoms with Crippen LogP contribution in [-0.4, -0.2) is 13.0 Å². The summed E-state index contributed by atoms with van der Waals surface area (Å²) in [5, 5.41) is 3.28. The van der Waals surface area contributed by atoms with Crippen molar-refractivity contribution in [2.45, 2.75) is 6.54 Å². The first-order valence-corrected chi connectivity index (χ1v) is 6.34. The predicted molar refractivity (Wildman–Crippen MR) is 75.6 cm³/mol. The number of amides is 1. The van der Waals surface area contributed by atoms with E-state index in [9.17, 15) is 9.18 Å². The van der Waals surface area contributed by atoms with Gasteiger partial charge in [0.25, 0.3) is 5.91 Å². The maximum absolute atomic E-state index is 13.5. The van der Waals surface area contributed by atoms with E-state index in [1.807, 2.05) is 0 Å². The Hall–Kier alpha value is -2.07. The number of rotatable bonds is 4. The highest BCUT2D eigenvalue weighted by Gasteiger charge is 2.07. The zero-order valence-electron chi connectivity index (χ0n) is 10.8. The van der Waals surface area contributed by atoms with Gasteiger partial charge in [0.2, 0.25) is 0 Å². The Morgan fingerprint density at radius 3 is 2.55 bits per heavy atom. The van der Waals surface area contributed by atoms with Crippen molar-refractivity contribution in [1.29, 1.82) is 0 Å². The fraction of sp³-hybridized carbons (Fsp3) is 0.133. The zero-order valence-corrected chi connectivity index (χ0v) is 11.6. The van der Waals surface area contributed by atoms with E-state index in [0.717, 1.165) is 0 Å². The van der Waals surface area contributed by atoms with Crippen LogP contribution in [0.2, 0.25) is 5.02 Å². The molecule has 0 aromatic heterocycles. The number of ether oxygens (including phenoxy) is 1. The molecule has 5 heteroatoms. The first-order valence-electron chi connectivity index (χ1n) is 5.96. The largest absolute Gasteiger partial charge is 0.494 e. The minimum Gasteiger partial charge on any atom is -0.494 e. The van der Waals surface area contributed by atoms with E-state index < -0.39 is 5.82 Å². The van der Waals surface area contributed by atoms with Crippen LogP contribution in [0.15, 0.2) is 42.5 Å². The normalized spacial score (nSPS) is 10.2. The minimum absolute atomic E-state index is 0.178. The van der Waals surface area contributed by atoms with Gasteiger partial charge in [-0.05, 0) is 42.0 Å². The Morgan fingerprint density at radius 1 is 1.25 bits per heavy atom. The highest BCUT2D eigenvalue weighted by molar-refractivity contribution is 6.30. The molecule has 2 aromatic rings. The summed E-state index contributed by atoms with van der Waals surface area (Å²) in [6.07, 6.45) is 0. The van der Waals surface area contributed by atoms with Gasteiger partial charge in [0.15, 0.2) is 11.6 Å². The third-order valence-corrected chi connectivity index (χ3v) is 3.03. The SMILES string of the molecule is COc1ccc(CNC(=O)c2ccc(Cl)cc2)cc1F. The average Bonchev–Trinajstić information content (AvgIpc) is 2.45. The van der Waals surface area contributed by atoms with E-state index in [4.69, 9.17) is 16.3 Å². The topological polar surface area (TPSA) is 38.3 Å². The summed E-state index contributed by atoms with van der Waals surface area (Å²) in [4.78, 5) is 11.9. The Bertz CT molecular complexity index is 614. The predicted octanol–water partition coefficient (Wildman–Crippen LogP) is 3.42. The lowest BCUT2D eigenvalue weighted by Gasteiger charge is -2.07. The molecule has 0 saturated heterocycles. The summed E-state index contributed by atoms with van der Waals surface area (Å²) in [5.41, 5.74) is 1.16. The van der Waals surface area contributed by atoms with Crippen LogP contribution in [0.3, 0.4) is 0 Å². The molecule has 20 heavy (non-hydrogen) atoms. The van der Waals surface area contributed by atoms with Crippen LogP contribution >= 0.6 is 11.6 Å². The molecule has 0 atom stereocenters. The van der Waals surface area contributed by atoms with Crippen LogP contribution in [0.5, 0.6) is 5.75 Å². The van der Waals surface area contributed by atoms with E-state index >= 15 is 0 Å². The van der Waals surface area contributed by atoms with Crippen molar-refractivity contribution in [2.24, 2.45) is 0 Å². The maximum Gasteiger partial charge on any atom is 0.251 e. The van der Waals surface area contributed by atoms with E-state index in [2.05, 4.69) is 5.32 Å². The number of carbonyl (C=O) groups excluding carboxylic acids is 1. The number of benzene rings is 2. The molecule has 3 nitrogen and oxygen atoms in total. The average molecular weight is 294 g/mol. The van der Waals surface area contributed by atoms with Crippen molar-refractivity contribution in [3.05, 3.63) is 64.4 Å². The van der Waals surface area contributed by atoms with Crippen LogP contribution in [-0.2, 0) is 6.54 Å². The van der Waals surface area contributed by atoms with Crippen LogP contribution in [0, 0.1) is 5.82 Å². The van der Waals surface area contributed by atoms with Gasteiger partial charge in [-0.1, -0.05) is 17.7 Å². The minimum atomic E-state index is -0.453. The van der Waals surface area contributed by atoms with Crippen molar-refractivity contribution in [1.82, 2.24) is 5.32 Å². The maximum atomic E-state index is 13.5. The van der Waals surface area contributed by atoms with Crippen LogP contribution in [0.1, 0.15) is 15.9 Å². The zero-order chi connectivity index (χ0) is 14.5. The summed E-state index contributed by atoms with van der Waals surface area (Å²) < 4.78 is 18.3. The quantitative estimate of drug-likeness (QED) is 0.938. The monoisotopic (exact) mass is 293 g/mol. The van der Waals surface area contributed by atoms with E-state index in [1.165, 1.54) is 19.2 Å². The molecule has 0 fully saturated rings. The van der Waals surface area contributed by atoms with Crippen molar-refractivity contribution in [3.63, 3.8) is 0 Å². The van der Waals surface area contributed by atoms with Crippen molar-refractivity contribution < 1.29 is 13.9 Å². The smallest absolute Gasteiger partial charge is 0.251 e. The van der Waals surface area contributed by atoms with Crippen LogP contribution < -0.4 is 10.1 Å². The van der Waals surface area contributed by atoms with Gasteiger partial charge in [-0.25, -0.2) is 4.39 Å². The molecule has 0 unspecified atom stereocenters. The first kappa shape index (κ1) is 14.3. The molecule has 0 aliphatic rings. The summed E-state index contributed by atoms with van der Waals surface area (Å²) in [7, 11) is 1.40. The molecule has 0 radical (unpaired) electrons. The molecule has 0 heterocycles. The molecular weight excluding hydrogens is 281 g/mol. The summed E-state index contributed by atoms with van der Waals surface area (Å²) in [6.45, 7) is 0.238. The van der Waals surface area contributed by atoms with E-state index in [1.54, 1.807) is 30.3 Å². The first-order chi connectivity index (χ1) is 9.60. The van der Waals surface area contributed by atoms with Gasteiger partial charge in [0.1, 0.15) is 0 Å². The standard InChI is InChI=1S/C15H13ClFNO2/c1-20-14-7-2-10(8-13(14)17)9-18-15(19)11-3-5-12(16)6-4-11/h2-8H,9H2,1H3,(H,18,19). The molecular formula is C15H13ClFNO2. The number of hydrogen-bond donors (Lipinski definition) is 1. The van der Waals surface area contributed by atoms with Gasteiger partial charge in [-0.2, -0.15) is 0 Å². The molecule has 0 aliphatic carbocycles. The second kappa shape index (κ2) is 6.39. The summed E-state index contributed by atoms with van der Waals surface area (Å²) in [6, 6.07) is 11.1. The lowest BCUT2D eigenvalue weighted by atomic mass is 10.2. The van der Waals surface area contributed by atoms with Gasteiger partial charge in [-0.15, -0.1) is 0 Å². The number of carbonyl (C=O) groups is 1. The van der Waals surface area contributed by atoms with E-state index in [-0.39, 0.29) is 18.2 Å². The van der Waals surface area contributed by atoms with Gasteiger partial charge in [-0.3, -0.25) is 4.79 Å². The Labute approximate surface area is 121 Å². The number of hydrogen-bond acceptors (Lipinski definition) is 2. The van der Waals surface area contributed by atoms with Gasteiger partial charge >= 0.3 is 0 Å². The second-order valence-electron chi connectivity index (χ2n) is 4.16. The lowest BCUT2D eigenvalue weighted by molar-refractivity contribution is 0.0951. The number of methoxy groups -OCH3 is 1. The van der Waals surface area contributed by atoms with Crippen molar-refractivity contribution >= 4 is 17.5 Å². The van der Waals surface area contributed by atoms with Crippen LogP contribution in [0.25, 0.3) is 0 Å². The third-order valence-electron chi connectivity index (χ3n) is 2.78. The van der Waals surface area contributed by atoms with Crippen molar-refractivity contribution in [2.75, 3.05) is 7.11 Å². The Morgan fingerprint density at radius 2 is 1.95 bits per heavy atom. The Balaban J connectivity index is 1.99. The van der Waals surface area contributed by atoms with Crippen LogP contribution in [0.4, 0.5) is 4.39 Å². The van der Waals surface area contributed by atoms with Gasteiger partial charge < -0.3 is 10.1 Å².